The molecular weight excluding hydrogens is 902 g/mol. The fraction of sp³-hybridized carbons (Fsp3) is 0.116. The number of anilines is 6. The molecule has 318 valence electrons. The number of nitrogens with one attached hydrogen (secondary N) is 6. The van der Waals surface area contributed by atoms with Gasteiger partial charge in [-0.15, -0.1) is 0 Å². The van der Waals surface area contributed by atoms with Crippen LogP contribution in [0, 0.1) is 20.8 Å². The van der Waals surface area contributed by atoms with Crippen molar-refractivity contribution in [2.45, 2.75) is 34.6 Å². The van der Waals surface area contributed by atoms with Gasteiger partial charge in [0.2, 0.25) is 0 Å². The number of aryl methyl sites for hydroxylation is 1. The minimum atomic E-state index is -0.943. The van der Waals surface area contributed by atoms with E-state index < -0.39 is 46.6 Å². The molecule has 0 heterocycles. The van der Waals surface area contributed by atoms with E-state index in [0.29, 0.717) is 38.1 Å². The number of benzene rings is 5. The molecule has 19 heteroatoms. The summed E-state index contributed by atoms with van der Waals surface area (Å²) >= 11 is 31.5. The molecule has 0 aliphatic heterocycles. The summed E-state index contributed by atoms with van der Waals surface area (Å²) in [6.45, 7) is 7.36. The monoisotopic (exact) mass is 934 g/mol. The van der Waals surface area contributed by atoms with E-state index in [2.05, 4.69) is 42.3 Å². The predicted molar refractivity (Wildman–Crippen MR) is 248 cm³/mol. The van der Waals surface area contributed by atoms with Crippen LogP contribution in [0.1, 0.15) is 51.3 Å². The van der Waals surface area contributed by atoms with Gasteiger partial charge in [0.15, 0.2) is 23.0 Å². The van der Waals surface area contributed by atoms with Crippen molar-refractivity contribution in [2.24, 2.45) is 10.2 Å². The van der Waals surface area contributed by atoms with Gasteiger partial charge in [-0.2, -0.15) is 10.2 Å². The number of hydrazone groups is 2. The van der Waals surface area contributed by atoms with E-state index >= 15 is 0 Å². The first-order valence-electron chi connectivity index (χ1n) is 18.2. The van der Waals surface area contributed by atoms with Crippen LogP contribution in [0.15, 0.2) is 95.1 Å². The SMILES string of the molecule is CC(=O)/C(=N/Nc1cc(C(=O)Nc2cccc(Cl)c2C)ccc1Cl)C(=O)Nc1cc(Cl)c(NC(=O)/C(=N\Nc2cc(C(=O)Nc3cccc(Cl)c3C)ccc2Cl)C(C)=O)cc1C. The third kappa shape index (κ3) is 11.5. The molecule has 5 rings (SSSR count). The molecule has 6 N–H and O–H groups in total. The smallest absolute Gasteiger partial charge is 0.279 e. The Labute approximate surface area is 380 Å². The Bertz CT molecular complexity index is 2550. The number of ketones is 2. The molecule has 5 aromatic carbocycles. The lowest BCUT2D eigenvalue weighted by Crippen LogP contribution is -2.30. The van der Waals surface area contributed by atoms with Crippen LogP contribution in [-0.4, -0.2) is 46.6 Å². The Morgan fingerprint density at radius 3 is 1.27 bits per heavy atom. The van der Waals surface area contributed by atoms with Gasteiger partial charge < -0.3 is 21.3 Å². The summed E-state index contributed by atoms with van der Waals surface area (Å²) in [6, 6.07) is 21.6. The molecule has 0 atom stereocenters. The van der Waals surface area contributed by atoms with Crippen LogP contribution in [0.4, 0.5) is 34.1 Å². The molecular formula is C43H35Cl5N8O6. The van der Waals surface area contributed by atoms with Crippen molar-refractivity contribution in [1.82, 2.24) is 0 Å². The summed E-state index contributed by atoms with van der Waals surface area (Å²) in [5.41, 5.74) is 7.65. The van der Waals surface area contributed by atoms with Gasteiger partial charge >= 0.3 is 0 Å². The quantitative estimate of drug-likeness (QED) is 0.0359. The van der Waals surface area contributed by atoms with Crippen LogP contribution < -0.4 is 32.1 Å². The number of nitrogens with zero attached hydrogens (tertiary/aromatic N) is 2. The Kier molecular flexibility index (Phi) is 15.5. The number of hydrogen-bond donors (Lipinski definition) is 6. The molecule has 0 aliphatic rings. The molecule has 0 fully saturated rings. The van der Waals surface area contributed by atoms with Gasteiger partial charge in [0.05, 0.1) is 32.1 Å². The number of Topliss-reactive ketones (excluding diaryl/α,β-unsaturated/α-hetero) is 2. The van der Waals surface area contributed by atoms with Gasteiger partial charge in [-0.05, 0) is 110 Å². The maximum Gasteiger partial charge on any atom is 0.279 e. The molecule has 0 saturated heterocycles. The molecule has 0 aromatic heterocycles. The lowest BCUT2D eigenvalue weighted by atomic mass is 10.1. The fourth-order valence-corrected chi connectivity index (χ4v) is 6.34. The van der Waals surface area contributed by atoms with Gasteiger partial charge in [0.25, 0.3) is 23.6 Å². The van der Waals surface area contributed by atoms with Crippen LogP contribution in [0.3, 0.4) is 0 Å². The van der Waals surface area contributed by atoms with E-state index in [0.717, 1.165) is 13.8 Å². The van der Waals surface area contributed by atoms with Gasteiger partial charge in [0, 0.05) is 52.1 Å². The lowest BCUT2D eigenvalue weighted by molar-refractivity contribution is -0.116. The van der Waals surface area contributed by atoms with Crippen LogP contribution >= 0.6 is 58.0 Å². The van der Waals surface area contributed by atoms with Crippen molar-refractivity contribution < 1.29 is 28.8 Å². The summed E-state index contributed by atoms with van der Waals surface area (Å²) in [5.74, 6) is -4.24. The highest BCUT2D eigenvalue weighted by Crippen LogP contribution is 2.31. The lowest BCUT2D eigenvalue weighted by Gasteiger charge is -2.14. The molecule has 0 unspecified atom stereocenters. The Morgan fingerprint density at radius 2 is 0.855 bits per heavy atom. The van der Waals surface area contributed by atoms with Crippen molar-refractivity contribution >= 4 is 139 Å². The maximum atomic E-state index is 13.3. The molecule has 14 nitrogen and oxygen atoms in total. The minimum absolute atomic E-state index is 0.0545. The zero-order valence-electron chi connectivity index (χ0n) is 33.3. The number of amides is 4. The normalized spacial score (nSPS) is 11.3. The first kappa shape index (κ1) is 46.8. The van der Waals surface area contributed by atoms with Crippen molar-refractivity contribution in [3.8, 4) is 0 Å². The summed E-state index contributed by atoms with van der Waals surface area (Å²) in [6.07, 6.45) is 0. The van der Waals surface area contributed by atoms with E-state index in [1.165, 1.54) is 48.5 Å². The largest absolute Gasteiger partial charge is 0.322 e. The highest BCUT2D eigenvalue weighted by molar-refractivity contribution is 6.68. The average molecular weight is 937 g/mol. The molecule has 62 heavy (non-hydrogen) atoms. The molecule has 0 bridgehead atoms. The van der Waals surface area contributed by atoms with Gasteiger partial charge in [0.1, 0.15) is 0 Å². The number of carbonyl (C=O) groups is 6. The van der Waals surface area contributed by atoms with E-state index in [9.17, 15) is 28.8 Å². The highest BCUT2D eigenvalue weighted by atomic mass is 35.5. The van der Waals surface area contributed by atoms with E-state index in [1.807, 2.05) is 0 Å². The summed E-state index contributed by atoms with van der Waals surface area (Å²) in [4.78, 5) is 77.9. The van der Waals surface area contributed by atoms with Crippen molar-refractivity contribution in [3.05, 3.63) is 138 Å². The van der Waals surface area contributed by atoms with Crippen molar-refractivity contribution in [2.75, 3.05) is 32.1 Å². The molecule has 0 aliphatic carbocycles. The van der Waals surface area contributed by atoms with Gasteiger partial charge in [-0.25, -0.2) is 0 Å². The maximum absolute atomic E-state index is 13.3. The van der Waals surface area contributed by atoms with Crippen LogP contribution in [0.5, 0.6) is 0 Å². The second-order valence-corrected chi connectivity index (χ2v) is 15.5. The summed E-state index contributed by atoms with van der Waals surface area (Å²) in [7, 11) is 0. The fourth-order valence-electron chi connectivity index (χ4n) is 5.47. The van der Waals surface area contributed by atoms with E-state index in [1.54, 1.807) is 57.2 Å². The number of halogens is 5. The minimum Gasteiger partial charge on any atom is -0.322 e. The zero-order valence-corrected chi connectivity index (χ0v) is 37.1. The highest BCUT2D eigenvalue weighted by Gasteiger charge is 2.22. The Balaban J connectivity index is 1.27. The average Bonchev–Trinajstić information content (AvgIpc) is 3.21. The standard InChI is InChI=1S/C43H35Cl5N8O6/c1-20-16-35(52-43(62)39(24(5)58)56-54-37-18-26(13-15-30(37)47)41(60)50-33-11-7-9-28(45)22(33)3)31(48)19-34(20)51-42(61)38(23(4)57)55-53-36-17-25(12-14-29(36)46)40(59)49-32-10-6-8-27(44)21(32)2/h6-19,53-54H,1-5H3,(H,49,59)(H,50,60)(H,51,61)(H,52,62)/b55-38-,56-39-. The summed E-state index contributed by atoms with van der Waals surface area (Å²) in [5, 5.41) is 19.8. The third-order valence-electron chi connectivity index (χ3n) is 8.97. The van der Waals surface area contributed by atoms with Crippen LogP contribution in [0.25, 0.3) is 0 Å². The number of rotatable bonds is 14. The summed E-state index contributed by atoms with van der Waals surface area (Å²) < 4.78 is 0. The zero-order chi connectivity index (χ0) is 45.4. The van der Waals surface area contributed by atoms with Crippen molar-refractivity contribution in [1.29, 1.82) is 0 Å². The van der Waals surface area contributed by atoms with Crippen LogP contribution in [-0.2, 0) is 19.2 Å². The van der Waals surface area contributed by atoms with E-state index in [-0.39, 0.29) is 48.9 Å². The molecule has 0 radical (unpaired) electrons. The van der Waals surface area contributed by atoms with Gasteiger partial charge in [-0.1, -0.05) is 70.1 Å². The predicted octanol–water partition coefficient (Wildman–Crippen LogP) is 10.4. The third-order valence-corrected chi connectivity index (χ3v) is 10.8. The second-order valence-electron chi connectivity index (χ2n) is 13.4. The second kappa shape index (κ2) is 20.5. The Hall–Kier alpha value is -6.29. The van der Waals surface area contributed by atoms with E-state index in [4.69, 9.17) is 58.0 Å². The molecule has 5 aromatic rings. The number of carbonyl (C=O) groups excluding carboxylic acids is 6. The first-order valence-corrected chi connectivity index (χ1v) is 20.1. The van der Waals surface area contributed by atoms with Crippen LogP contribution in [0.2, 0.25) is 25.1 Å². The number of hydrogen-bond acceptors (Lipinski definition) is 10. The first-order chi connectivity index (χ1) is 29.3. The topological polar surface area (TPSA) is 199 Å². The van der Waals surface area contributed by atoms with Gasteiger partial charge in [-0.3, -0.25) is 39.6 Å². The molecule has 4 amide bonds. The molecule has 0 saturated carbocycles. The Morgan fingerprint density at radius 1 is 0.435 bits per heavy atom. The molecule has 0 spiro atoms. The van der Waals surface area contributed by atoms with Crippen molar-refractivity contribution in [3.63, 3.8) is 0 Å².